The number of ether oxygens (including phenoxy) is 1. The fourth-order valence-electron chi connectivity index (χ4n) is 4.74. The molecule has 3 N–H and O–H groups in total. The van der Waals surface area contributed by atoms with Crippen LogP contribution in [0, 0.1) is 0 Å². The van der Waals surface area contributed by atoms with Gasteiger partial charge in [0.25, 0.3) is 5.91 Å². The van der Waals surface area contributed by atoms with Gasteiger partial charge in [-0.3, -0.25) is 9.89 Å². The standard InChI is InChI=1S/C29H32N4O3/c1-33-16-13-24(14-17-33)36-23-10-7-21(8-11-23)28-25-19-22(9-12-27(25)31-32-28)29(35)30-26(15-18-34)20-5-3-2-4-6-20/h2-12,19,24,26,34H,13-18H2,1H3,(H,30,35)(H,31,32)/t26-/m1/s1. The van der Waals surface area contributed by atoms with E-state index in [9.17, 15) is 9.90 Å². The molecule has 1 aliphatic rings. The van der Waals surface area contributed by atoms with E-state index in [4.69, 9.17) is 4.74 Å². The van der Waals surface area contributed by atoms with Crippen LogP contribution in [0.4, 0.5) is 0 Å². The van der Waals surface area contributed by atoms with E-state index in [0.29, 0.717) is 12.0 Å². The first kappa shape index (κ1) is 24.0. The van der Waals surface area contributed by atoms with Crippen LogP contribution in [0.15, 0.2) is 72.8 Å². The minimum absolute atomic E-state index is 0.0116. The number of fused-ring (bicyclic) bond motifs is 1. The van der Waals surface area contributed by atoms with E-state index < -0.39 is 0 Å². The predicted molar refractivity (Wildman–Crippen MR) is 141 cm³/mol. The highest BCUT2D eigenvalue weighted by Crippen LogP contribution is 2.29. The lowest BCUT2D eigenvalue weighted by atomic mass is 10.0. The van der Waals surface area contributed by atoms with E-state index in [0.717, 1.165) is 59.4 Å². The van der Waals surface area contributed by atoms with Crippen molar-refractivity contribution < 1.29 is 14.6 Å². The molecule has 0 radical (unpaired) electrons. The lowest BCUT2D eigenvalue weighted by molar-refractivity contribution is 0.0930. The summed E-state index contributed by atoms with van der Waals surface area (Å²) in [5.74, 6) is 0.678. The van der Waals surface area contributed by atoms with Crippen LogP contribution in [0.2, 0.25) is 0 Å². The minimum atomic E-state index is -0.264. The van der Waals surface area contributed by atoms with Gasteiger partial charge in [-0.25, -0.2) is 0 Å². The molecule has 7 nitrogen and oxygen atoms in total. The summed E-state index contributed by atoms with van der Waals surface area (Å²) in [5.41, 5.74) is 4.12. The number of carbonyl (C=O) groups excluding carboxylic acids is 1. The second-order valence-electron chi connectivity index (χ2n) is 9.43. The van der Waals surface area contributed by atoms with E-state index in [-0.39, 0.29) is 24.7 Å². The first-order valence-corrected chi connectivity index (χ1v) is 12.5. The van der Waals surface area contributed by atoms with Gasteiger partial charge < -0.3 is 20.1 Å². The van der Waals surface area contributed by atoms with E-state index >= 15 is 0 Å². The molecule has 5 rings (SSSR count). The number of aliphatic hydroxyl groups is 1. The van der Waals surface area contributed by atoms with Crippen LogP contribution in [0.3, 0.4) is 0 Å². The van der Waals surface area contributed by atoms with Gasteiger partial charge in [0.1, 0.15) is 11.9 Å². The topological polar surface area (TPSA) is 90.5 Å². The zero-order valence-corrected chi connectivity index (χ0v) is 20.5. The van der Waals surface area contributed by atoms with Gasteiger partial charge in [0.15, 0.2) is 0 Å². The van der Waals surface area contributed by atoms with Crippen molar-refractivity contribution in [1.29, 1.82) is 0 Å². The Kier molecular flexibility index (Phi) is 7.30. The highest BCUT2D eigenvalue weighted by molar-refractivity contribution is 6.01. The summed E-state index contributed by atoms with van der Waals surface area (Å²) >= 11 is 0. The van der Waals surface area contributed by atoms with Gasteiger partial charge in [0.05, 0.1) is 17.3 Å². The van der Waals surface area contributed by atoms with E-state index in [1.165, 1.54) is 0 Å². The molecule has 0 unspecified atom stereocenters. The molecule has 1 aliphatic heterocycles. The number of amides is 1. The highest BCUT2D eigenvalue weighted by Gasteiger charge is 2.19. The highest BCUT2D eigenvalue weighted by atomic mass is 16.5. The zero-order valence-electron chi connectivity index (χ0n) is 20.5. The summed E-state index contributed by atoms with van der Waals surface area (Å²) in [4.78, 5) is 15.5. The Hall–Kier alpha value is -3.68. The summed E-state index contributed by atoms with van der Waals surface area (Å²) in [6.45, 7) is 2.11. The number of hydrogen-bond donors (Lipinski definition) is 3. The van der Waals surface area contributed by atoms with Crippen LogP contribution < -0.4 is 10.1 Å². The summed E-state index contributed by atoms with van der Waals surface area (Å²) < 4.78 is 6.18. The molecule has 0 spiro atoms. The van der Waals surface area contributed by atoms with Gasteiger partial charge >= 0.3 is 0 Å². The monoisotopic (exact) mass is 484 g/mol. The first-order valence-electron chi connectivity index (χ1n) is 12.5. The molecule has 0 aliphatic carbocycles. The fraction of sp³-hybridized carbons (Fsp3) is 0.310. The van der Waals surface area contributed by atoms with Crippen molar-refractivity contribution >= 4 is 16.8 Å². The Bertz CT molecular complexity index is 1300. The van der Waals surface area contributed by atoms with Crippen molar-refractivity contribution in [2.75, 3.05) is 26.7 Å². The molecule has 1 amide bonds. The molecule has 1 saturated heterocycles. The number of aliphatic hydroxyl groups excluding tert-OH is 1. The number of likely N-dealkylation sites (tertiary alicyclic amines) is 1. The van der Waals surface area contributed by atoms with Crippen LogP contribution in [-0.2, 0) is 0 Å². The molecule has 1 atom stereocenters. The molecule has 0 bridgehead atoms. The van der Waals surface area contributed by atoms with E-state index in [1.54, 1.807) is 6.07 Å². The number of carbonyl (C=O) groups is 1. The lowest BCUT2D eigenvalue weighted by Gasteiger charge is -2.29. The van der Waals surface area contributed by atoms with Crippen molar-refractivity contribution in [3.8, 4) is 17.0 Å². The Balaban J connectivity index is 1.33. The summed E-state index contributed by atoms with van der Waals surface area (Å²) in [6, 6.07) is 23.0. The van der Waals surface area contributed by atoms with Gasteiger partial charge in [-0.05, 0) is 74.3 Å². The molecular formula is C29H32N4O3. The molecule has 36 heavy (non-hydrogen) atoms. The molecule has 0 saturated carbocycles. The van der Waals surface area contributed by atoms with Crippen molar-refractivity contribution in [1.82, 2.24) is 20.4 Å². The molecule has 3 aromatic carbocycles. The smallest absolute Gasteiger partial charge is 0.251 e. The average molecular weight is 485 g/mol. The molecular weight excluding hydrogens is 452 g/mol. The predicted octanol–water partition coefficient (Wildman–Crippen LogP) is 4.56. The Morgan fingerprint density at radius 3 is 2.58 bits per heavy atom. The number of nitrogens with one attached hydrogen (secondary N) is 2. The van der Waals surface area contributed by atoms with Gasteiger partial charge in [-0.1, -0.05) is 30.3 Å². The number of nitrogens with zero attached hydrogens (tertiary/aromatic N) is 2. The number of piperidine rings is 1. The van der Waals surface area contributed by atoms with Crippen molar-refractivity contribution in [2.45, 2.75) is 31.4 Å². The van der Waals surface area contributed by atoms with Crippen molar-refractivity contribution in [2.24, 2.45) is 0 Å². The number of H-pyrrole nitrogens is 1. The van der Waals surface area contributed by atoms with Crippen LogP contribution in [-0.4, -0.2) is 59.0 Å². The molecule has 7 heteroatoms. The third kappa shape index (κ3) is 5.42. The normalized spacial score (nSPS) is 15.6. The number of aromatic nitrogens is 2. The zero-order chi connectivity index (χ0) is 24.9. The van der Waals surface area contributed by atoms with Crippen LogP contribution in [0.5, 0.6) is 5.75 Å². The lowest BCUT2D eigenvalue weighted by Crippen LogP contribution is -2.35. The second-order valence-corrected chi connectivity index (χ2v) is 9.43. The Labute approximate surface area is 211 Å². The second kappa shape index (κ2) is 10.9. The maximum Gasteiger partial charge on any atom is 0.251 e. The summed E-state index contributed by atoms with van der Waals surface area (Å²) in [6.07, 6.45) is 2.78. The molecule has 4 aromatic rings. The molecule has 186 valence electrons. The number of aromatic amines is 1. The van der Waals surface area contributed by atoms with Gasteiger partial charge in [0, 0.05) is 36.2 Å². The third-order valence-electron chi connectivity index (χ3n) is 6.85. The van der Waals surface area contributed by atoms with Crippen molar-refractivity contribution in [3.63, 3.8) is 0 Å². The quantitative estimate of drug-likeness (QED) is 0.341. The van der Waals surface area contributed by atoms with Crippen LogP contribution >= 0.6 is 0 Å². The third-order valence-corrected chi connectivity index (χ3v) is 6.85. The maximum atomic E-state index is 13.1. The number of rotatable bonds is 8. The molecule has 1 aromatic heterocycles. The van der Waals surface area contributed by atoms with Crippen LogP contribution in [0.1, 0.15) is 41.2 Å². The van der Waals surface area contributed by atoms with Crippen molar-refractivity contribution in [3.05, 3.63) is 83.9 Å². The summed E-state index contributed by atoms with van der Waals surface area (Å²) in [5, 5.41) is 21.0. The largest absolute Gasteiger partial charge is 0.490 e. The first-order chi connectivity index (χ1) is 17.6. The maximum absolute atomic E-state index is 13.1. The van der Waals surface area contributed by atoms with Gasteiger partial charge in [0.2, 0.25) is 0 Å². The Morgan fingerprint density at radius 1 is 1.11 bits per heavy atom. The Morgan fingerprint density at radius 2 is 1.86 bits per heavy atom. The minimum Gasteiger partial charge on any atom is -0.490 e. The van der Waals surface area contributed by atoms with Gasteiger partial charge in [-0.15, -0.1) is 0 Å². The van der Waals surface area contributed by atoms with Crippen LogP contribution in [0.25, 0.3) is 22.2 Å². The number of hydrogen-bond acceptors (Lipinski definition) is 5. The summed E-state index contributed by atoms with van der Waals surface area (Å²) in [7, 11) is 2.14. The fourth-order valence-corrected chi connectivity index (χ4v) is 4.74. The average Bonchev–Trinajstić information content (AvgIpc) is 3.34. The SMILES string of the molecule is CN1CCC(Oc2ccc(-c3n[nH]c4ccc(C(=O)N[C@H](CCO)c5ccccc5)cc34)cc2)CC1. The number of benzene rings is 3. The van der Waals surface area contributed by atoms with E-state index in [2.05, 4.69) is 27.5 Å². The molecule has 1 fully saturated rings. The van der Waals surface area contributed by atoms with Gasteiger partial charge in [-0.2, -0.15) is 5.10 Å². The van der Waals surface area contributed by atoms with E-state index in [1.807, 2.05) is 66.7 Å². The molecule has 2 heterocycles.